The maximum Gasteiger partial charge on any atom is 0.119 e. The average molecular weight is 195 g/mol. The molecule has 1 atom stereocenters. The molecule has 0 aromatic heterocycles. The van der Waals surface area contributed by atoms with Crippen molar-refractivity contribution in [1.82, 2.24) is 0 Å². The molecule has 13 heavy (non-hydrogen) atoms. The molecule has 1 unspecified atom stereocenters. The number of methoxy groups -OCH3 is 1. The van der Waals surface area contributed by atoms with Gasteiger partial charge in [0.2, 0.25) is 0 Å². The second kappa shape index (κ2) is 3.60. The Bertz CT molecular complexity index is 314. The number of thioether (sulfide) groups is 1. The van der Waals surface area contributed by atoms with Crippen LogP contribution >= 0.6 is 11.8 Å². The molecule has 2 N–H and O–H groups in total. The van der Waals surface area contributed by atoms with E-state index in [1.54, 1.807) is 7.11 Å². The summed E-state index contributed by atoms with van der Waals surface area (Å²) >= 11 is 1.87. The van der Waals surface area contributed by atoms with Crippen molar-refractivity contribution in [2.45, 2.75) is 10.8 Å². The average Bonchev–Trinajstić information content (AvgIpc) is 2.59. The van der Waals surface area contributed by atoms with Gasteiger partial charge in [-0.05, 0) is 17.7 Å². The fourth-order valence-electron chi connectivity index (χ4n) is 1.58. The van der Waals surface area contributed by atoms with Crippen LogP contribution in [0.3, 0.4) is 0 Å². The highest BCUT2D eigenvalue weighted by atomic mass is 32.2. The summed E-state index contributed by atoms with van der Waals surface area (Å²) in [6.07, 6.45) is 0. The van der Waals surface area contributed by atoms with Crippen molar-refractivity contribution in [3.05, 3.63) is 23.8 Å². The van der Waals surface area contributed by atoms with Gasteiger partial charge in [-0.3, -0.25) is 0 Å². The summed E-state index contributed by atoms with van der Waals surface area (Å²) in [5.41, 5.74) is 7.06. The summed E-state index contributed by atoms with van der Waals surface area (Å²) in [4.78, 5) is 1.33. The van der Waals surface area contributed by atoms with Gasteiger partial charge in [0.05, 0.1) is 7.11 Å². The van der Waals surface area contributed by atoms with Gasteiger partial charge in [0.1, 0.15) is 5.75 Å². The first-order chi connectivity index (χ1) is 6.35. The lowest BCUT2D eigenvalue weighted by atomic mass is 10.0. The van der Waals surface area contributed by atoms with Gasteiger partial charge in [0.15, 0.2) is 0 Å². The van der Waals surface area contributed by atoms with Crippen LogP contribution in [0, 0.1) is 0 Å². The lowest BCUT2D eigenvalue weighted by Gasteiger charge is -2.07. The Balaban J connectivity index is 2.34. The summed E-state index contributed by atoms with van der Waals surface area (Å²) in [6.45, 7) is 0.742. The molecule has 0 spiro atoms. The van der Waals surface area contributed by atoms with Gasteiger partial charge in [-0.1, -0.05) is 6.07 Å². The van der Waals surface area contributed by atoms with Gasteiger partial charge in [0, 0.05) is 23.1 Å². The van der Waals surface area contributed by atoms with Crippen molar-refractivity contribution >= 4 is 11.8 Å². The van der Waals surface area contributed by atoms with Crippen molar-refractivity contribution in [2.24, 2.45) is 5.73 Å². The molecule has 1 aliphatic rings. The zero-order chi connectivity index (χ0) is 9.26. The normalized spacial score (nSPS) is 20.0. The molecule has 0 radical (unpaired) electrons. The van der Waals surface area contributed by atoms with Crippen LogP contribution in [-0.2, 0) is 0 Å². The SMILES string of the molecule is COc1ccc2c(c1)SCC2CN. The van der Waals surface area contributed by atoms with Crippen molar-refractivity contribution in [3.8, 4) is 5.75 Å². The van der Waals surface area contributed by atoms with Gasteiger partial charge in [-0.15, -0.1) is 11.8 Å². The Kier molecular flexibility index (Phi) is 2.47. The Morgan fingerprint density at radius 1 is 1.62 bits per heavy atom. The van der Waals surface area contributed by atoms with E-state index in [9.17, 15) is 0 Å². The zero-order valence-corrected chi connectivity index (χ0v) is 8.43. The lowest BCUT2D eigenvalue weighted by molar-refractivity contribution is 0.413. The molecule has 0 saturated heterocycles. The van der Waals surface area contributed by atoms with E-state index in [2.05, 4.69) is 12.1 Å². The highest BCUT2D eigenvalue weighted by molar-refractivity contribution is 7.99. The van der Waals surface area contributed by atoms with Gasteiger partial charge >= 0.3 is 0 Å². The van der Waals surface area contributed by atoms with Crippen LogP contribution < -0.4 is 10.5 Å². The number of hydrogen-bond donors (Lipinski definition) is 1. The molecule has 0 bridgehead atoms. The highest BCUT2D eigenvalue weighted by Gasteiger charge is 2.21. The maximum absolute atomic E-state index is 5.67. The quantitative estimate of drug-likeness (QED) is 0.782. The molecule has 1 heterocycles. The standard InChI is InChI=1S/C10H13NOS/c1-12-8-2-3-9-7(5-11)6-13-10(9)4-8/h2-4,7H,5-6,11H2,1H3. The summed E-state index contributed by atoms with van der Waals surface area (Å²) in [7, 11) is 1.70. The van der Waals surface area contributed by atoms with Crippen LogP contribution in [0.25, 0.3) is 0 Å². The third-order valence-corrected chi connectivity index (χ3v) is 3.62. The van der Waals surface area contributed by atoms with Crippen LogP contribution in [0.2, 0.25) is 0 Å². The molecule has 0 amide bonds. The fourth-order valence-corrected chi connectivity index (χ4v) is 2.88. The van der Waals surface area contributed by atoms with Crippen LogP contribution in [0.5, 0.6) is 5.75 Å². The smallest absolute Gasteiger partial charge is 0.119 e. The Morgan fingerprint density at radius 2 is 2.46 bits per heavy atom. The van der Waals surface area contributed by atoms with E-state index in [0.29, 0.717) is 5.92 Å². The van der Waals surface area contributed by atoms with E-state index >= 15 is 0 Å². The fraction of sp³-hybridized carbons (Fsp3) is 0.400. The second-order valence-corrected chi connectivity index (χ2v) is 4.21. The molecular formula is C10H13NOS. The summed E-state index contributed by atoms with van der Waals surface area (Å²) in [6, 6.07) is 6.23. The van der Waals surface area contributed by atoms with E-state index in [0.717, 1.165) is 18.0 Å². The third kappa shape index (κ3) is 1.54. The van der Waals surface area contributed by atoms with E-state index in [4.69, 9.17) is 10.5 Å². The molecule has 2 nitrogen and oxygen atoms in total. The molecule has 0 aliphatic carbocycles. The largest absolute Gasteiger partial charge is 0.497 e. The van der Waals surface area contributed by atoms with Crippen molar-refractivity contribution in [3.63, 3.8) is 0 Å². The lowest BCUT2D eigenvalue weighted by Crippen LogP contribution is -2.11. The van der Waals surface area contributed by atoms with Crippen LogP contribution in [0.1, 0.15) is 11.5 Å². The van der Waals surface area contributed by atoms with Crippen LogP contribution in [0.4, 0.5) is 0 Å². The Hall–Kier alpha value is -0.670. The first-order valence-electron chi connectivity index (χ1n) is 4.36. The predicted molar refractivity (Wildman–Crippen MR) is 55.5 cm³/mol. The van der Waals surface area contributed by atoms with Gasteiger partial charge in [-0.2, -0.15) is 0 Å². The van der Waals surface area contributed by atoms with Gasteiger partial charge in [0.25, 0.3) is 0 Å². The van der Waals surface area contributed by atoms with E-state index in [1.165, 1.54) is 10.5 Å². The zero-order valence-electron chi connectivity index (χ0n) is 7.62. The highest BCUT2D eigenvalue weighted by Crippen LogP contribution is 2.40. The van der Waals surface area contributed by atoms with E-state index < -0.39 is 0 Å². The monoisotopic (exact) mass is 195 g/mol. The second-order valence-electron chi connectivity index (χ2n) is 3.15. The first kappa shape index (κ1) is 8.91. The third-order valence-electron chi connectivity index (χ3n) is 2.39. The number of benzene rings is 1. The van der Waals surface area contributed by atoms with Crippen molar-refractivity contribution in [2.75, 3.05) is 19.4 Å². The number of nitrogens with two attached hydrogens (primary N) is 1. The molecule has 1 aliphatic heterocycles. The topological polar surface area (TPSA) is 35.2 Å². The van der Waals surface area contributed by atoms with Gasteiger partial charge in [-0.25, -0.2) is 0 Å². The molecule has 1 aromatic carbocycles. The predicted octanol–water partition coefficient (Wildman–Crippen LogP) is 1.84. The number of ether oxygens (including phenoxy) is 1. The summed E-state index contributed by atoms with van der Waals surface area (Å²) in [5.74, 6) is 2.58. The number of rotatable bonds is 2. The molecule has 2 rings (SSSR count). The number of hydrogen-bond acceptors (Lipinski definition) is 3. The molecule has 3 heteroatoms. The molecule has 0 saturated carbocycles. The van der Waals surface area contributed by atoms with E-state index in [-0.39, 0.29) is 0 Å². The maximum atomic E-state index is 5.67. The summed E-state index contributed by atoms with van der Waals surface area (Å²) < 4.78 is 5.16. The minimum absolute atomic E-state index is 0.533. The summed E-state index contributed by atoms with van der Waals surface area (Å²) in [5, 5.41) is 0. The van der Waals surface area contributed by atoms with Crippen LogP contribution in [0.15, 0.2) is 23.1 Å². The van der Waals surface area contributed by atoms with E-state index in [1.807, 2.05) is 17.8 Å². The molecular weight excluding hydrogens is 182 g/mol. The Labute approximate surface area is 82.5 Å². The van der Waals surface area contributed by atoms with Gasteiger partial charge < -0.3 is 10.5 Å². The van der Waals surface area contributed by atoms with Crippen LogP contribution in [-0.4, -0.2) is 19.4 Å². The first-order valence-corrected chi connectivity index (χ1v) is 5.34. The number of fused-ring (bicyclic) bond motifs is 1. The minimum Gasteiger partial charge on any atom is -0.497 e. The van der Waals surface area contributed by atoms with Crippen molar-refractivity contribution < 1.29 is 4.74 Å². The molecule has 1 aromatic rings. The molecule has 70 valence electrons. The Morgan fingerprint density at radius 3 is 3.15 bits per heavy atom. The van der Waals surface area contributed by atoms with Crippen molar-refractivity contribution in [1.29, 1.82) is 0 Å². The molecule has 0 fully saturated rings. The minimum atomic E-state index is 0.533.